The number of aromatic hydroxyl groups is 2. The molecule has 0 saturated heterocycles. The van der Waals surface area contributed by atoms with Gasteiger partial charge in [0, 0.05) is 17.5 Å². The van der Waals surface area contributed by atoms with Crippen LogP contribution >= 0.6 is 0 Å². The van der Waals surface area contributed by atoms with Crippen molar-refractivity contribution in [3.8, 4) is 11.6 Å². The molecule has 0 aliphatic heterocycles. The number of non-ortho nitro benzene ring substituents is 1. The number of carbonyl (C=O) groups excluding carboxylic acids is 1. The van der Waals surface area contributed by atoms with Crippen molar-refractivity contribution >= 4 is 28.2 Å². The molecule has 0 aliphatic rings. The smallest absolute Gasteiger partial charge is 0.270 e. The van der Waals surface area contributed by atoms with Crippen molar-refractivity contribution in [3.05, 3.63) is 58.1 Å². The highest BCUT2D eigenvalue weighted by Crippen LogP contribution is 2.37. The summed E-state index contributed by atoms with van der Waals surface area (Å²) in [7, 11) is 0. The first kappa shape index (κ1) is 16.1. The molecule has 0 saturated carbocycles. The van der Waals surface area contributed by atoms with Crippen LogP contribution in [0.25, 0.3) is 10.9 Å². The van der Waals surface area contributed by atoms with Crippen LogP contribution in [0.15, 0.2) is 52.7 Å². The van der Waals surface area contributed by atoms with Gasteiger partial charge in [0.15, 0.2) is 5.69 Å². The SMILES string of the molecule is O=C(Cc1ccc(O)cc1)N=Nc1c(O)[nH]c2ccc([N+](=O)[O-])cc12. The third-order valence-corrected chi connectivity index (χ3v) is 3.50. The molecule has 25 heavy (non-hydrogen) atoms. The van der Waals surface area contributed by atoms with Crippen molar-refractivity contribution in [1.29, 1.82) is 0 Å². The van der Waals surface area contributed by atoms with Crippen LogP contribution in [0, 0.1) is 10.1 Å². The quantitative estimate of drug-likeness (QED) is 0.379. The van der Waals surface area contributed by atoms with Crippen LogP contribution in [0.3, 0.4) is 0 Å². The standard InChI is InChI=1S/C16H12N4O5/c21-11-4-1-9(2-5-11)7-14(22)18-19-15-12-8-10(20(24)25)3-6-13(12)17-16(15)23/h1-6,8,17,21,23H,7H2. The number of aromatic amines is 1. The molecule has 0 aliphatic carbocycles. The monoisotopic (exact) mass is 340 g/mol. The average molecular weight is 340 g/mol. The lowest BCUT2D eigenvalue weighted by Crippen LogP contribution is -1.97. The zero-order valence-corrected chi connectivity index (χ0v) is 12.7. The molecule has 3 N–H and O–H groups in total. The first-order valence-electron chi connectivity index (χ1n) is 7.15. The molecule has 9 nitrogen and oxygen atoms in total. The van der Waals surface area contributed by atoms with Crippen LogP contribution in [-0.2, 0) is 11.2 Å². The number of hydrogen-bond donors (Lipinski definition) is 3. The van der Waals surface area contributed by atoms with E-state index < -0.39 is 10.8 Å². The first-order chi connectivity index (χ1) is 11.9. The number of aromatic nitrogens is 1. The van der Waals surface area contributed by atoms with Gasteiger partial charge in [0.2, 0.25) is 5.88 Å². The Bertz CT molecular complexity index is 992. The summed E-state index contributed by atoms with van der Waals surface area (Å²) >= 11 is 0. The molecule has 0 radical (unpaired) electrons. The maximum Gasteiger partial charge on any atom is 0.270 e. The van der Waals surface area contributed by atoms with E-state index in [1.807, 2.05) is 0 Å². The Morgan fingerprint density at radius 3 is 2.56 bits per heavy atom. The second-order valence-corrected chi connectivity index (χ2v) is 5.25. The second kappa shape index (κ2) is 6.40. The number of carbonyl (C=O) groups is 1. The number of rotatable bonds is 4. The van der Waals surface area contributed by atoms with E-state index in [0.29, 0.717) is 11.1 Å². The van der Waals surface area contributed by atoms with E-state index in [1.54, 1.807) is 12.1 Å². The summed E-state index contributed by atoms with van der Waals surface area (Å²) in [5.74, 6) is -0.815. The molecule has 0 atom stereocenters. The molecule has 2 aromatic carbocycles. The fourth-order valence-corrected chi connectivity index (χ4v) is 2.30. The summed E-state index contributed by atoms with van der Waals surface area (Å²) in [4.78, 5) is 24.8. The van der Waals surface area contributed by atoms with E-state index in [0.717, 1.165) is 0 Å². The predicted molar refractivity (Wildman–Crippen MR) is 88.0 cm³/mol. The minimum absolute atomic E-state index is 0.0347. The van der Waals surface area contributed by atoms with E-state index in [1.165, 1.54) is 30.3 Å². The summed E-state index contributed by atoms with van der Waals surface area (Å²) in [6.45, 7) is 0. The van der Waals surface area contributed by atoms with E-state index in [4.69, 9.17) is 0 Å². The topological polar surface area (TPSA) is 141 Å². The van der Waals surface area contributed by atoms with Crippen molar-refractivity contribution in [3.63, 3.8) is 0 Å². The van der Waals surface area contributed by atoms with Crippen molar-refractivity contribution in [2.45, 2.75) is 6.42 Å². The van der Waals surface area contributed by atoms with E-state index in [2.05, 4.69) is 15.2 Å². The largest absolute Gasteiger partial charge is 0.508 e. The van der Waals surface area contributed by atoms with Gasteiger partial charge in [0.05, 0.1) is 16.9 Å². The predicted octanol–water partition coefficient (Wildman–Crippen LogP) is 3.34. The number of nitro benzene ring substituents is 1. The number of benzene rings is 2. The minimum atomic E-state index is -0.569. The molecular weight excluding hydrogens is 328 g/mol. The zero-order chi connectivity index (χ0) is 18.0. The lowest BCUT2D eigenvalue weighted by atomic mass is 10.1. The number of phenolic OH excluding ortho intramolecular Hbond substituents is 1. The highest BCUT2D eigenvalue weighted by Gasteiger charge is 2.15. The lowest BCUT2D eigenvalue weighted by Gasteiger charge is -1.97. The van der Waals surface area contributed by atoms with Gasteiger partial charge in [-0.05, 0) is 23.8 Å². The molecule has 9 heteroatoms. The maximum atomic E-state index is 11.9. The van der Waals surface area contributed by atoms with Crippen LogP contribution in [-0.4, -0.2) is 26.0 Å². The van der Waals surface area contributed by atoms with Gasteiger partial charge in [0.1, 0.15) is 5.75 Å². The van der Waals surface area contributed by atoms with Crippen LogP contribution in [0.5, 0.6) is 11.6 Å². The fourth-order valence-electron chi connectivity index (χ4n) is 2.30. The average Bonchev–Trinajstić information content (AvgIpc) is 2.89. The summed E-state index contributed by atoms with van der Waals surface area (Å²) < 4.78 is 0. The van der Waals surface area contributed by atoms with E-state index in [9.17, 15) is 25.1 Å². The molecule has 3 aromatic rings. The minimum Gasteiger partial charge on any atom is -0.508 e. The molecule has 1 heterocycles. The molecular formula is C16H12N4O5. The van der Waals surface area contributed by atoms with Gasteiger partial charge in [-0.2, -0.15) is 0 Å². The van der Waals surface area contributed by atoms with Gasteiger partial charge < -0.3 is 15.2 Å². The first-order valence-corrected chi connectivity index (χ1v) is 7.15. The van der Waals surface area contributed by atoms with Crippen molar-refractivity contribution < 1.29 is 19.9 Å². The highest BCUT2D eigenvalue weighted by atomic mass is 16.6. The number of hydrogen-bond acceptors (Lipinski definition) is 6. The third kappa shape index (κ3) is 3.44. The molecule has 0 unspecified atom stereocenters. The molecule has 1 aromatic heterocycles. The Morgan fingerprint density at radius 1 is 1.16 bits per heavy atom. The number of nitrogens with zero attached hydrogens (tertiary/aromatic N) is 3. The number of amides is 1. The van der Waals surface area contributed by atoms with Crippen LogP contribution < -0.4 is 0 Å². The van der Waals surface area contributed by atoms with Gasteiger partial charge in [0.25, 0.3) is 11.6 Å². The Hall–Kier alpha value is -3.75. The van der Waals surface area contributed by atoms with E-state index in [-0.39, 0.29) is 34.8 Å². The Labute approximate surface area is 140 Å². The molecule has 0 bridgehead atoms. The number of fused-ring (bicyclic) bond motifs is 1. The molecule has 3 rings (SSSR count). The summed E-state index contributed by atoms with van der Waals surface area (Å²) in [6, 6.07) is 10.0. The van der Waals surface area contributed by atoms with Gasteiger partial charge in [-0.25, -0.2) is 0 Å². The number of H-pyrrole nitrogens is 1. The normalized spacial score (nSPS) is 11.2. The van der Waals surface area contributed by atoms with Gasteiger partial charge >= 0.3 is 0 Å². The zero-order valence-electron chi connectivity index (χ0n) is 12.7. The molecule has 1 amide bonds. The fraction of sp³-hybridized carbons (Fsp3) is 0.0625. The van der Waals surface area contributed by atoms with Gasteiger partial charge in [-0.1, -0.05) is 12.1 Å². The number of azo groups is 1. The summed E-state index contributed by atoms with van der Waals surface area (Å²) in [5, 5.41) is 37.5. The van der Waals surface area contributed by atoms with Crippen LogP contribution in [0.4, 0.5) is 11.4 Å². The van der Waals surface area contributed by atoms with Crippen molar-refractivity contribution in [2.24, 2.45) is 10.2 Å². The van der Waals surface area contributed by atoms with Crippen LogP contribution in [0.2, 0.25) is 0 Å². The van der Waals surface area contributed by atoms with Gasteiger partial charge in [-0.15, -0.1) is 10.2 Å². The highest BCUT2D eigenvalue weighted by molar-refractivity contribution is 5.95. The number of phenols is 1. The molecule has 126 valence electrons. The summed E-state index contributed by atoms with van der Waals surface area (Å²) in [6.07, 6.45) is -0.0347. The Balaban J connectivity index is 1.86. The molecule has 0 fully saturated rings. The number of nitro groups is 1. The van der Waals surface area contributed by atoms with Gasteiger partial charge in [-0.3, -0.25) is 14.9 Å². The van der Waals surface area contributed by atoms with Crippen LogP contribution in [0.1, 0.15) is 5.56 Å². The maximum absolute atomic E-state index is 11.9. The summed E-state index contributed by atoms with van der Waals surface area (Å²) in [5.41, 5.74) is 0.861. The number of nitrogens with one attached hydrogen (secondary N) is 1. The second-order valence-electron chi connectivity index (χ2n) is 5.25. The molecule has 0 spiro atoms. The Morgan fingerprint density at radius 2 is 1.88 bits per heavy atom. The Kier molecular flexibility index (Phi) is 4.12. The van der Waals surface area contributed by atoms with Crippen molar-refractivity contribution in [1.82, 2.24) is 4.98 Å². The van der Waals surface area contributed by atoms with Crippen molar-refractivity contribution in [2.75, 3.05) is 0 Å². The third-order valence-electron chi connectivity index (χ3n) is 3.50. The van der Waals surface area contributed by atoms with E-state index >= 15 is 0 Å². The lowest BCUT2D eigenvalue weighted by molar-refractivity contribution is -0.384.